The van der Waals surface area contributed by atoms with Crippen LogP contribution in [0.25, 0.3) is 6.08 Å². The Morgan fingerprint density at radius 3 is 2.46 bits per heavy atom. The molecule has 3 rings (SSSR count). The zero-order valence-electron chi connectivity index (χ0n) is 14.5. The average Bonchev–Trinajstić information content (AvgIpc) is 2.91. The van der Waals surface area contributed by atoms with Crippen molar-refractivity contribution in [1.29, 1.82) is 0 Å². The van der Waals surface area contributed by atoms with Gasteiger partial charge in [-0.1, -0.05) is 0 Å². The van der Waals surface area contributed by atoms with Crippen molar-refractivity contribution in [3.8, 4) is 0 Å². The van der Waals surface area contributed by atoms with Crippen LogP contribution >= 0.6 is 0 Å². The van der Waals surface area contributed by atoms with Gasteiger partial charge in [0, 0.05) is 24.9 Å². The van der Waals surface area contributed by atoms with Gasteiger partial charge in [0.15, 0.2) is 0 Å². The molecule has 1 heterocycles. The third-order valence-electron chi connectivity index (χ3n) is 3.85. The van der Waals surface area contributed by atoms with E-state index >= 15 is 0 Å². The summed E-state index contributed by atoms with van der Waals surface area (Å²) in [6.07, 6.45) is 1.51. The minimum atomic E-state index is -0.745. The largest absolute Gasteiger partial charge is 0.348 e. The molecule has 10 heteroatoms. The van der Waals surface area contributed by atoms with Crippen LogP contribution in [0.4, 0.5) is 20.6 Å². The third-order valence-corrected chi connectivity index (χ3v) is 3.85. The SMILES string of the molecule is CN1/C(=C\c2ccc([N+](=O)[O-])cc2)C(=O)N/C1=N\C(=O)Nc1ccc(F)cc1. The molecular weight excluding hydrogens is 369 g/mol. The van der Waals surface area contributed by atoms with E-state index in [0.717, 1.165) is 0 Å². The Hall–Kier alpha value is -4.08. The molecule has 2 N–H and O–H groups in total. The average molecular weight is 383 g/mol. The van der Waals surface area contributed by atoms with Crippen molar-refractivity contribution in [3.63, 3.8) is 0 Å². The van der Waals surface area contributed by atoms with Gasteiger partial charge in [-0.3, -0.25) is 20.2 Å². The number of carbonyl (C=O) groups excluding carboxylic acids is 2. The predicted molar refractivity (Wildman–Crippen MR) is 99.8 cm³/mol. The van der Waals surface area contributed by atoms with Gasteiger partial charge in [0.1, 0.15) is 11.5 Å². The number of urea groups is 1. The van der Waals surface area contributed by atoms with Gasteiger partial charge >= 0.3 is 6.03 Å². The lowest BCUT2D eigenvalue weighted by Gasteiger charge is -2.11. The standard InChI is InChI=1S/C18H14FN5O4/c1-23-15(10-11-2-8-14(9-3-11)24(27)28)16(25)21-17(23)22-18(26)20-13-6-4-12(19)5-7-13/h2-10H,1H3,(H2,20,21,22,25,26)/b15-10-. The van der Waals surface area contributed by atoms with Crippen LogP contribution in [0.5, 0.6) is 0 Å². The molecule has 1 aliphatic rings. The van der Waals surface area contributed by atoms with Crippen molar-refractivity contribution in [2.75, 3.05) is 12.4 Å². The van der Waals surface area contributed by atoms with Crippen LogP contribution in [0.1, 0.15) is 5.56 Å². The van der Waals surface area contributed by atoms with E-state index < -0.39 is 22.7 Å². The van der Waals surface area contributed by atoms with Crippen LogP contribution in [0.2, 0.25) is 0 Å². The highest BCUT2D eigenvalue weighted by atomic mass is 19.1. The highest BCUT2D eigenvalue weighted by molar-refractivity contribution is 6.17. The Bertz CT molecular complexity index is 1000. The smallest absolute Gasteiger partial charge is 0.310 e. The lowest BCUT2D eigenvalue weighted by molar-refractivity contribution is -0.384. The Balaban J connectivity index is 1.75. The van der Waals surface area contributed by atoms with Gasteiger partial charge in [-0.25, -0.2) is 9.18 Å². The summed E-state index contributed by atoms with van der Waals surface area (Å²) in [6, 6.07) is 10.0. The summed E-state index contributed by atoms with van der Waals surface area (Å²) in [6.45, 7) is 0. The molecule has 2 aromatic carbocycles. The number of hydrogen-bond donors (Lipinski definition) is 2. The second kappa shape index (κ2) is 7.66. The number of carbonyl (C=O) groups is 2. The third kappa shape index (κ3) is 4.18. The molecule has 0 spiro atoms. The molecule has 28 heavy (non-hydrogen) atoms. The molecule has 142 valence electrons. The second-order valence-electron chi connectivity index (χ2n) is 5.76. The van der Waals surface area contributed by atoms with Crippen molar-refractivity contribution in [3.05, 3.63) is 75.7 Å². The molecule has 1 saturated heterocycles. The maximum Gasteiger partial charge on any atom is 0.348 e. The van der Waals surface area contributed by atoms with Crippen molar-refractivity contribution in [1.82, 2.24) is 10.2 Å². The molecule has 9 nitrogen and oxygen atoms in total. The second-order valence-corrected chi connectivity index (χ2v) is 5.76. The predicted octanol–water partition coefficient (Wildman–Crippen LogP) is 2.72. The summed E-state index contributed by atoms with van der Waals surface area (Å²) >= 11 is 0. The minimum absolute atomic E-state index is 0.0118. The number of non-ortho nitro benzene ring substituents is 1. The number of aliphatic imine (C=N–C) groups is 1. The number of guanidine groups is 1. The Labute approximate surface area is 158 Å². The number of rotatable bonds is 3. The molecule has 0 unspecified atom stereocenters. The maximum absolute atomic E-state index is 12.9. The number of nitro benzene ring substituents is 1. The summed E-state index contributed by atoms with van der Waals surface area (Å²) in [4.78, 5) is 39.5. The Kier molecular flexibility index (Phi) is 5.12. The zero-order chi connectivity index (χ0) is 20.3. The van der Waals surface area contributed by atoms with E-state index in [1.807, 2.05) is 0 Å². The molecule has 0 saturated carbocycles. The van der Waals surface area contributed by atoms with Crippen molar-refractivity contribution >= 4 is 35.3 Å². The van der Waals surface area contributed by atoms with Crippen molar-refractivity contribution in [2.24, 2.45) is 4.99 Å². The van der Waals surface area contributed by atoms with Crippen LogP contribution in [-0.2, 0) is 4.79 Å². The van der Waals surface area contributed by atoms with Gasteiger partial charge in [-0.2, -0.15) is 4.99 Å². The summed E-state index contributed by atoms with van der Waals surface area (Å²) in [5.41, 5.74) is 1.07. The number of nitrogens with zero attached hydrogens (tertiary/aromatic N) is 3. The molecule has 0 aromatic heterocycles. The van der Waals surface area contributed by atoms with Crippen LogP contribution in [0.15, 0.2) is 59.2 Å². The highest BCUT2D eigenvalue weighted by Gasteiger charge is 2.29. The lowest BCUT2D eigenvalue weighted by atomic mass is 10.1. The van der Waals surface area contributed by atoms with Crippen molar-refractivity contribution in [2.45, 2.75) is 0 Å². The van der Waals surface area contributed by atoms with E-state index in [-0.39, 0.29) is 17.3 Å². The number of benzene rings is 2. The molecule has 0 aliphatic carbocycles. The zero-order valence-corrected chi connectivity index (χ0v) is 14.5. The Morgan fingerprint density at radius 2 is 1.86 bits per heavy atom. The van der Waals surface area contributed by atoms with Crippen LogP contribution in [0, 0.1) is 15.9 Å². The summed E-state index contributed by atoms with van der Waals surface area (Å²) in [5.74, 6) is -0.903. The number of nitro groups is 1. The maximum atomic E-state index is 12.9. The number of hydrogen-bond acceptors (Lipinski definition) is 4. The van der Waals surface area contributed by atoms with Crippen molar-refractivity contribution < 1.29 is 18.9 Å². The van der Waals surface area contributed by atoms with E-state index in [9.17, 15) is 24.1 Å². The summed E-state index contributed by atoms with van der Waals surface area (Å²) in [5, 5.41) is 15.6. The van der Waals surface area contributed by atoms with E-state index in [0.29, 0.717) is 11.3 Å². The summed E-state index contributed by atoms with van der Waals surface area (Å²) < 4.78 is 12.9. The number of anilines is 1. The first-order chi connectivity index (χ1) is 13.3. The first kappa shape index (κ1) is 18.7. The van der Waals surface area contributed by atoms with Gasteiger partial charge < -0.3 is 10.2 Å². The summed E-state index contributed by atoms with van der Waals surface area (Å²) in [7, 11) is 1.54. The topological polar surface area (TPSA) is 117 Å². The Morgan fingerprint density at radius 1 is 1.21 bits per heavy atom. The van der Waals surface area contributed by atoms with E-state index in [1.165, 1.54) is 59.5 Å². The fraction of sp³-hybridized carbons (Fsp3) is 0.0556. The molecule has 0 bridgehead atoms. The lowest BCUT2D eigenvalue weighted by Crippen LogP contribution is -2.29. The molecule has 1 fully saturated rings. The van der Waals surface area contributed by atoms with E-state index in [4.69, 9.17) is 0 Å². The first-order valence-electron chi connectivity index (χ1n) is 8.00. The number of nitrogens with one attached hydrogen (secondary N) is 2. The molecule has 0 radical (unpaired) electrons. The molecule has 1 aliphatic heterocycles. The fourth-order valence-electron chi connectivity index (χ4n) is 2.41. The van der Waals surface area contributed by atoms with Gasteiger partial charge in [-0.15, -0.1) is 0 Å². The quantitative estimate of drug-likeness (QED) is 0.480. The van der Waals surface area contributed by atoms with E-state index in [2.05, 4.69) is 15.6 Å². The molecule has 3 amide bonds. The minimum Gasteiger partial charge on any atom is -0.310 e. The molecular formula is C18H14FN5O4. The van der Waals surface area contributed by atoms with Gasteiger partial charge in [0.25, 0.3) is 11.6 Å². The highest BCUT2D eigenvalue weighted by Crippen LogP contribution is 2.18. The number of amides is 3. The monoisotopic (exact) mass is 383 g/mol. The van der Waals surface area contributed by atoms with Gasteiger partial charge in [-0.05, 0) is 48.0 Å². The fourth-order valence-corrected chi connectivity index (χ4v) is 2.41. The van der Waals surface area contributed by atoms with Gasteiger partial charge in [0.05, 0.1) is 4.92 Å². The number of halogens is 1. The first-order valence-corrected chi connectivity index (χ1v) is 8.00. The van der Waals surface area contributed by atoms with Gasteiger partial charge in [0.2, 0.25) is 5.96 Å². The van der Waals surface area contributed by atoms with Crippen LogP contribution in [-0.4, -0.2) is 34.8 Å². The van der Waals surface area contributed by atoms with Crippen LogP contribution < -0.4 is 10.6 Å². The van der Waals surface area contributed by atoms with Crippen LogP contribution in [0.3, 0.4) is 0 Å². The van der Waals surface area contributed by atoms with E-state index in [1.54, 1.807) is 7.05 Å². The molecule has 2 aromatic rings. The molecule has 0 atom stereocenters. The normalized spacial score (nSPS) is 16.4. The number of likely N-dealkylation sites (N-methyl/N-ethyl adjacent to an activating group) is 1.